The summed E-state index contributed by atoms with van der Waals surface area (Å²) in [6.45, 7) is 7.80. The Morgan fingerprint density at radius 3 is 2.28 bits per heavy atom. The fourth-order valence-corrected chi connectivity index (χ4v) is 2.95. The van der Waals surface area contributed by atoms with Crippen molar-refractivity contribution in [2.24, 2.45) is 0 Å². The molecule has 1 aliphatic heterocycles. The van der Waals surface area contributed by atoms with E-state index >= 15 is 0 Å². The SMILES string of the molecule is CCCCCC(=O)Nc1ccc(N2CCN(C(=O)NCC)CC2)cc1. The van der Waals surface area contributed by atoms with Gasteiger partial charge in [-0.1, -0.05) is 19.8 Å². The first-order valence-corrected chi connectivity index (χ1v) is 9.31. The van der Waals surface area contributed by atoms with Crippen molar-refractivity contribution in [1.29, 1.82) is 0 Å². The summed E-state index contributed by atoms with van der Waals surface area (Å²) < 4.78 is 0. The molecule has 3 amide bonds. The number of piperazine rings is 1. The van der Waals surface area contributed by atoms with Gasteiger partial charge in [-0.3, -0.25) is 4.79 Å². The first kappa shape index (κ1) is 19.1. The summed E-state index contributed by atoms with van der Waals surface area (Å²) in [6, 6.07) is 7.97. The summed E-state index contributed by atoms with van der Waals surface area (Å²) in [7, 11) is 0. The number of nitrogens with one attached hydrogen (secondary N) is 2. The largest absolute Gasteiger partial charge is 0.368 e. The van der Waals surface area contributed by atoms with Gasteiger partial charge < -0.3 is 20.4 Å². The van der Waals surface area contributed by atoms with Gasteiger partial charge in [-0.2, -0.15) is 0 Å². The molecule has 138 valence electrons. The van der Waals surface area contributed by atoms with Crippen LogP contribution < -0.4 is 15.5 Å². The number of urea groups is 1. The first-order chi connectivity index (χ1) is 12.1. The normalized spacial score (nSPS) is 14.3. The molecule has 0 unspecified atom stereocenters. The van der Waals surface area contributed by atoms with Gasteiger partial charge in [0.15, 0.2) is 0 Å². The molecule has 0 radical (unpaired) electrons. The molecule has 1 heterocycles. The van der Waals surface area contributed by atoms with E-state index in [0.717, 1.165) is 56.8 Å². The van der Waals surface area contributed by atoms with Crippen LogP contribution in [-0.4, -0.2) is 49.6 Å². The highest BCUT2D eigenvalue weighted by Gasteiger charge is 2.20. The fourth-order valence-electron chi connectivity index (χ4n) is 2.95. The minimum Gasteiger partial charge on any atom is -0.368 e. The van der Waals surface area contributed by atoms with Crippen LogP contribution in [0.3, 0.4) is 0 Å². The number of rotatable bonds is 7. The van der Waals surface area contributed by atoms with Gasteiger partial charge in [0.1, 0.15) is 0 Å². The van der Waals surface area contributed by atoms with Gasteiger partial charge in [-0.15, -0.1) is 0 Å². The molecule has 1 aromatic rings. The number of amides is 3. The molecule has 1 aliphatic rings. The Morgan fingerprint density at radius 1 is 1.00 bits per heavy atom. The van der Waals surface area contributed by atoms with E-state index < -0.39 is 0 Å². The summed E-state index contributed by atoms with van der Waals surface area (Å²) in [4.78, 5) is 27.8. The number of hydrogen-bond donors (Lipinski definition) is 2. The molecule has 0 saturated carbocycles. The second-order valence-electron chi connectivity index (χ2n) is 6.36. The highest BCUT2D eigenvalue weighted by molar-refractivity contribution is 5.90. The lowest BCUT2D eigenvalue weighted by molar-refractivity contribution is -0.116. The molecule has 25 heavy (non-hydrogen) atoms. The Kier molecular flexibility index (Phi) is 7.57. The molecular weight excluding hydrogens is 316 g/mol. The van der Waals surface area contributed by atoms with Crippen molar-refractivity contribution in [2.45, 2.75) is 39.5 Å². The van der Waals surface area contributed by atoms with Gasteiger partial charge in [-0.05, 0) is 37.6 Å². The summed E-state index contributed by atoms with van der Waals surface area (Å²) in [5.41, 5.74) is 1.96. The lowest BCUT2D eigenvalue weighted by atomic mass is 10.2. The highest BCUT2D eigenvalue weighted by Crippen LogP contribution is 2.20. The van der Waals surface area contributed by atoms with Gasteiger partial charge in [0.25, 0.3) is 0 Å². The third-order valence-corrected chi connectivity index (χ3v) is 4.42. The van der Waals surface area contributed by atoms with Crippen LogP contribution in [0.4, 0.5) is 16.2 Å². The Bertz CT molecular complexity index is 551. The van der Waals surface area contributed by atoms with E-state index in [0.29, 0.717) is 13.0 Å². The second kappa shape index (κ2) is 9.91. The number of hydrogen-bond acceptors (Lipinski definition) is 3. The zero-order chi connectivity index (χ0) is 18.1. The number of carbonyl (C=O) groups is 2. The Hall–Kier alpha value is -2.24. The highest BCUT2D eigenvalue weighted by atomic mass is 16.2. The molecule has 0 aromatic heterocycles. The third kappa shape index (κ3) is 5.96. The van der Waals surface area contributed by atoms with E-state index in [4.69, 9.17) is 0 Å². The van der Waals surface area contributed by atoms with Crippen molar-refractivity contribution in [3.8, 4) is 0 Å². The summed E-state index contributed by atoms with van der Waals surface area (Å²) in [5, 5.41) is 5.79. The zero-order valence-electron chi connectivity index (χ0n) is 15.4. The molecule has 1 saturated heterocycles. The summed E-state index contributed by atoms with van der Waals surface area (Å²) >= 11 is 0. The van der Waals surface area contributed by atoms with Crippen LogP contribution >= 0.6 is 0 Å². The lowest BCUT2D eigenvalue weighted by Gasteiger charge is -2.36. The number of benzene rings is 1. The molecule has 0 aliphatic carbocycles. The summed E-state index contributed by atoms with van der Waals surface area (Å²) in [6.07, 6.45) is 3.73. The Balaban J connectivity index is 1.80. The van der Waals surface area contributed by atoms with Gasteiger partial charge in [0.05, 0.1) is 0 Å². The van der Waals surface area contributed by atoms with Gasteiger partial charge in [-0.25, -0.2) is 4.79 Å². The van der Waals surface area contributed by atoms with Crippen molar-refractivity contribution >= 4 is 23.3 Å². The van der Waals surface area contributed by atoms with Crippen LogP contribution in [0.25, 0.3) is 0 Å². The molecule has 6 nitrogen and oxygen atoms in total. The van der Waals surface area contributed by atoms with Crippen molar-refractivity contribution in [1.82, 2.24) is 10.2 Å². The van der Waals surface area contributed by atoms with E-state index in [-0.39, 0.29) is 11.9 Å². The molecule has 0 spiro atoms. The van der Waals surface area contributed by atoms with Crippen molar-refractivity contribution in [3.05, 3.63) is 24.3 Å². The Morgan fingerprint density at radius 2 is 1.68 bits per heavy atom. The van der Waals surface area contributed by atoms with E-state index in [2.05, 4.69) is 22.5 Å². The summed E-state index contributed by atoms with van der Waals surface area (Å²) in [5.74, 6) is 0.0803. The molecular formula is C19H30N4O2. The van der Waals surface area contributed by atoms with E-state index in [9.17, 15) is 9.59 Å². The van der Waals surface area contributed by atoms with Gasteiger partial charge in [0.2, 0.25) is 5.91 Å². The third-order valence-electron chi connectivity index (χ3n) is 4.42. The van der Waals surface area contributed by atoms with Crippen molar-refractivity contribution in [3.63, 3.8) is 0 Å². The lowest BCUT2D eigenvalue weighted by Crippen LogP contribution is -2.51. The number of anilines is 2. The minimum absolute atomic E-state index is 0.0169. The topological polar surface area (TPSA) is 64.7 Å². The van der Waals surface area contributed by atoms with Crippen LogP contribution in [-0.2, 0) is 4.79 Å². The van der Waals surface area contributed by atoms with Crippen LogP contribution in [0.1, 0.15) is 39.5 Å². The van der Waals surface area contributed by atoms with Gasteiger partial charge in [0, 0.05) is 50.5 Å². The monoisotopic (exact) mass is 346 g/mol. The average molecular weight is 346 g/mol. The maximum atomic E-state index is 11.9. The van der Waals surface area contributed by atoms with Gasteiger partial charge >= 0.3 is 6.03 Å². The molecule has 2 N–H and O–H groups in total. The second-order valence-corrected chi connectivity index (χ2v) is 6.36. The first-order valence-electron chi connectivity index (χ1n) is 9.31. The quantitative estimate of drug-likeness (QED) is 0.746. The molecule has 2 rings (SSSR count). The number of carbonyl (C=O) groups excluding carboxylic acids is 2. The van der Waals surface area contributed by atoms with Crippen LogP contribution in [0.15, 0.2) is 24.3 Å². The zero-order valence-corrected chi connectivity index (χ0v) is 15.4. The van der Waals surface area contributed by atoms with Crippen LogP contribution in [0, 0.1) is 0 Å². The van der Waals surface area contributed by atoms with Crippen LogP contribution in [0.2, 0.25) is 0 Å². The number of unbranched alkanes of at least 4 members (excludes halogenated alkanes) is 2. The van der Waals surface area contributed by atoms with Crippen LogP contribution in [0.5, 0.6) is 0 Å². The predicted octanol–water partition coefficient (Wildman–Crippen LogP) is 3.06. The molecule has 1 fully saturated rings. The maximum Gasteiger partial charge on any atom is 0.317 e. The van der Waals surface area contributed by atoms with Crippen molar-refractivity contribution in [2.75, 3.05) is 42.9 Å². The van der Waals surface area contributed by atoms with Crippen molar-refractivity contribution < 1.29 is 9.59 Å². The fraction of sp³-hybridized carbons (Fsp3) is 0.579. The smallest absolute Gasteiger partial charge is 0.317 e. The molecule has 6 heteroatoms. The molecule has 1 aromatic carbocycles. The minimum atomic E-state index is 0.0169. The predicted molar refractivity (Wildman–Crippen MR) is 102 cm³/mol. The molecule has 0 bridgehead atoms. The molecule has 0 atom stereocenters. The Labute approximate surface area is 150 Å². The maximum absolute atomic E-state index is 11.9. The standard InChI is InChI=1S/C19H30N4O2/c1-3-5-6-7-18(24)21-16-8-10-17(11-9-16)22-12-14-23(15-13-22)19(25)20-4-2/h8-11H,3-7,12-15H2,1-2H3,(H,20,25)(H,21,24). The van der Waals surface area contributed by atoms with E-state index in [1.807, 2.05) is 36.1 Å². The van der Waals surface area contributed by atoms with E-state index in [1.54, 1.807) is 0 Å². The van der Waals surface area contributed by atoms with E-state index in [1.165, 1.54) is 0 Å². The average Bonchev–Trinajstić information content (AvgIpc) is 2.63. The number of nitrogens with zero attached hydrogens (tertiary/aromatic N) is 2.